The summed E-state index contributed by atoms with van der Waals surface area (Å²) >= 11 is 0. The van der Waals surface area contributed by atoms with E-state index in [1.54, 1.807) is 26.2 Å². The zero-order valence-corrected chi connectivity index (χ0v) is 12.6. The van der Waals surface area contributed by atoms with Crippen molar-refractivity contribution < 1.29 is 9.32 Å². The molecule has 112 valence electrons. The third-order valence-electron chi connectivity index (χ3n) is 2.92. The Bertz CT molecular complexity index is 636. The number of nitrogens with zero attached hydrogens (tertiary/aromatic N) is 3. The Morgan fingerprint density at radius 3 is 2.76 bits per heavy atom. The molecule has 0 saturated heterocycles. The summed E-state index contributed by atoms with van der Waals surface area (Å²) < 4.78 is 4.96. The number of carbonyl (C=O) groups is 1. The monoisotopic (exact) mass is 289 g/mol. The zero-order valence-electron chi connectivity index (χ0n) is 12.6. The molecule has 2 rings (SSSR count). The van der Waals surface area contributed by atoms with Crippen molar-refractivity contribution in [3.63, 3.8) is 0 Å². The van der Waals surface area contributed by atoms with E-state index in [1.165, 1.54) is 0 Å². The number of hydrogen-bond donors (Lipinski definition) is 2. The molecule has 0 spiro atoms. The van der Waals surface area contributed by atoms with Crippen LogP contribution in [0.25, 0.3) is 0 Å². The number of nitrogens with one attached hydrogen (secondary N) is 2. The van der Waals surface area contributed by atoms with Gasteiger partial charge in [0.05, 0.1) is 18.4 Å². The molecule has 0 atom stereocenters. The van der Waals surface area contributed by atoms with Gasteiger partial charge in [-0.2, -0.15) is 0 Å². The highest BCUT2D eigenvalue weighted by Crippen LogP contribution is 2.16. The summed E-state index contributed by atoms with van der Waals surface area (Å²) in [5.74, 6) is 1.22. The quantitative estimate of drug-likeness (QED) is 0.872. The number of amides is 1. The second kappa shape index (κ2) is 6.34. The fourth-order valence-electron chi connectivity index (χ4n) is 1.79. The minimum Gasteiger partial charge on any atom is -0.385 e. The molecule has 2 N–H and O–H groups in total. The van der Waals surface area contributed by atoms with Crippen LogP contribution in [0.1, 0.15) is 47.5 Å². The van der Waals surface area contributed by atoms with Gasteiger partial charge < -0.3 is 15.2 Å². The number of carbonyl (C=O) groups excluding carboxylic acids is 1. The minimum absolute atomic E-state index is 0.153. The van der Waals surface area contributed by atoms with E-state index in [2.05, 4.69) is 25.8 Å². The van der Waals surface area contributed by atoms with Crippen LogP contribution in [0.5, 0.6) is 0 Å². The van der Waals surface area contributed by atoms with Gasteiger partial charge in [-0.25, -0.2) is 9.97 Å². The van der Waals surface area contributed by atoms with Crippen molar-refractivity contribution >= 4 is 11.6 Å². The molecule has 0 fully saturated rings. The first-order chi connectivity index (χ1) is 10.0. The van der Waals surface area contributed by atoms with Crippen molar-refractivity contribution in [2.75, 3.05) is 12.4 Å². The highest BCUT2D eigenvalue weighted by Gasteiger charge is 2.16. The Balaban J connectivity index is 2.15. The van der Waals surface area contributed by atoms with E-state index in [1.807, 2.05) is 13.8 Å². The lowest BCUT2D eigenvalue weighted by atomic mass is 10.2. The highest BCUT2D eigenvalue weighted by atomic mass is 16.5. The Morgan fingerprint density at radius 2 is 2.19 bits per heavy atom. The molecule has 0 unspecified atom stereocenters. The van der Waals surface area contributed by atoms with Crippen molar-refractivity contribution in [3.8, 4) is 0 Å². The molecule has 0 radical (unpaired) electrons. The van der Waals surface area contributed by atoms with Crippen LogP contribution in [-0.4, -0.2) is 28.1 Å². The summed E-state index contributed by atoms with van der Waals surface area (Å²) in [6, 6.07) is 1.78. The van der Waals surface area contributed by atoms with Gasteiger partial charge >= 0.3 is 0 Å². The van der Waals surface area contributed by atoms with Gasteiger partial charge in [0.2, 0.25) is 0 Å². The highest BCUT2D eigenvalue weighted by molar-refractivity contribution is 5.97. The summed E-state index contributed by atoms with van der Waals surface area (Å²) in [5.41, 5.74) is 1.59. The van der Waals surface area contributed by atoms with Crippen molar-refractivity contribution in [1.82, 2.24) is 20.4 Å². The third-order valence-corrected chi connectivity index (χ3v) is 2.92. The molecule has 2 aromatic heterocycles. The summed E-state index contributed by atoms with van der Waals surface area (Å²) in [4.78, 5) is 20.8. The van der Waals surface area contributed by atoms with Crippen LogP contribution in [0.3, 0.4) is 0 Å². The van der Waals surface area contributed by atoms with Crippen LogP contribution in [0.2, 0.25) is 0 Å². The van der Waals surface area contributed by atoms with Crippen LogP contribution in [0.4, 0.5) is 5.69 Å². The number of anilines is 1. The van der Waals surface area contributed by atoms with E-state index < -0.39 is 0 Å². The van der Waals surface area contributed by atoms with E-state index in [4.69, 9.17) is 4.52 Å². The predicted molar refractivity (Wildman–Crippen MR) is 78.1 cm³/mol. The second-order valence-electron chi connectivity index (χ2n) is 5.01. The molecule has 21 heavy (non-hydrogen) atoms. The zero-order chi connectivity index (χ0) is 15.4. The molecule has 0 bridgehead atoms. The lowest BCUT2D eigenvalue weighted by Gasteiger charge is -2.11. The van der Waals surface area contributed by atoms with Gasteiger partial charge in [0.25, 0.3) is 5.91 Å². The predicted octanol–water partition coefficient (Wildman–Crippen LogP) is 1.87. The molecule has 1 amide bonds. The molecule has 0 aliphatic carbocycles. The lowest BCUT2D eigenvalue weighted by molar-refractivity contribution is 0.0945. The minimum atomic E-state index is -0.274. The van der Waals surface area contributed by atoms with E-state index in [9.17, 15) is 4.79 Å². The first-order valence-electron chi connectivity index (χ1n) is 6.76. The maximum absolute atomic E-state index is 12.3. The summed E-state index contributed by atoms with van der Waals surface area (Å²) in [5, 5.41) is 9.53. The Hall–Kier alpha value is -2.44. The Kier molecular flexibility index (Phi) is 4.52. The van der Waals surface area contributed by atoms with Gasteiger partial charge in [-0.05, 0) is 6.92 Å². The van der Waals surface area contributed by atoms with Crippen molar-refractivity contribution in [2.24, 2.45) is 0 Å². The third kappa shape index (κ3) is 3.56. The SMILES string of the molecule is CNc1cnc(C(C)C)nc1C(=O)NCc1cc(C)on1. The lowest BCUT2D eigenvalue weighted by Crippen LogP contribution is -2.25. The van der Waals surface area contributed by atoms with E-state index in [0.29, 0.717) is 35.2 Å². The molecule has 0 aromatic carbocycles. The van der Waals surface area contributed by atoms with Crippen LogP contribution >= 0.6 is 0 Å². The van der Waals surface area contributed by atoms with Gasteiger partial charge in [-0.3, -0.25) is 4.79 Å². The van der Waals surface area contributed by atoms with E-state index in [0.717, 1.165) is 0 Å². The molecule has 0 aliphatic heterocycles. The first-order valence-corrected chi connectivity index (χ1v) is 6.76. The summed E-state index contributed by atoms with van der Waals surface area (Å²) in [7, 11) is 1.73. The fourth-order valence-corrected chi connectivity index (χ4v) is 1.79. The topological polar surface area (TPSA) is 92.9 Å². The van der Waals surface area contributed by atoms with Crippen LogP contribution in [0.15, 0.2) is 16.8 Å². The smallest absolute Gasteiger partial charge is 0.272 e. The Labute approximate surface area is 123 Å². The second-order valence-corrected chi connectivity index (χ2v) is 5.01. The maximum Gasteiger partial charge on any atom is 0.272 e. The standard InChI is InChI=1S/C14H19N5O2/c1-8(2)13-16-7-11(15-4)12(18-13)14(20)17-6-10-5-9(3)21-19-10/h5,7-8,15H,6H2,1-4H3,(H,17,20). The van der Waals surface area contributed by atoms with Gasteiger partial charge in [0.15, 0.2) is 5.69 Å². The molecule has 7 nitrogen and oxygen atoms in total. The summed E-state index contributed by atoms with van der Waals surface area (Å²) in [6.45, 7) is 6.06. The van der Waals surface area contributed by atoms with Crippen LogP contribution in [0, 0.1) is 6.92 Å². The molecule has 2 aromatic rings. The molecule has 7 heteroatoms. The average Bonchev–Trinajstić information content (AvgIpc) is 2.89. The molecule has 0 saturated carbocycles. The Morgan fingerprint density at radius 1 is 1.43 bits per heavy atom. The number of aryl methyl sites for hydroxylation is 1. The summed E-state index contributed by atoms with van der Waals surface area (Å²) in [6.07, 6.45) is 1.62. The molecule has 2 heterocycles. The number of rotatable bonds is 5. The fraction of sp³-hybridized carbons (Fsp3) is 0.429. The first kappa shape index (κ1) is 15.0. The van der Waals surface area contributed by atoms with Crippen molar-refractivity contribution in [2.45, 2.75) is 33.2 Å². The van der Waals surface area contributed by atoms with E-state index in [-0.39, 0.29) is 11.8 Å². The maximum atomic E-state index is 12.3. The van der Waals surface area contributed by atoms with E-state index >= 15 is 0 Å². The van der Waals surface area contributed by atoms with Crippen molar-refractivity contribution in [1.29, 1.82) is 0 Å². The van der Waals surface area contributed by atoms with Gasteiger partial charge in [-0.15, -0.1) is 0 Å². The van der Waals surface area contributed by atoms with Crippen LogP contribution < -0.4 is 10.6 Å². The molecule has 0 aliphatic rings. The number of aromatic nitrogens is 3. The largest absolute Gasteiger partial charge is 0.385 e. The van der Waals surface area contributed by atoms with Gasteiger partial charge in [0.1, 0.15) is 17.3 Å². The van der Waals surface area contributed by atoms with Gasteiger partial charge in [0, 0.05) is 19.0 Å². The van der Waals surface area contributed by atoms with Crippen LogP contribution in [-0.2, 0) is 6.54 Å². The normalized spacial score (nSPS) is 10.7. The molecular weight excluding hydrogens is 270 g/mol. The average molecular weight is 289 g/mol. The van der Waals surface area contributed by atoms with Gasteiger partial charge in [-0.1, -0.05) is 19.0 Å². The number of hydrogen-bond acceptors (Lipinski definition) is 6. The van der Waals surface area contributed by atoms with Crippen molar-refractivity contribution in [3.05, 3.63) is 35.2 Å². The molecular formula is C14H19N5O2.